The fourth-order valence-electron chi connectivity index (χ4n) is 2.79. The third kappa shape index (κ3) is 4.78. The van der Waals surface area contributed by atoms with Crippen molar-refractivity contribution in [1.82, 2.24) is 10.3 Å². The van der Waals surface area contributed by atoms with Gasteiger partial charge in [0.2, 0.25) is 0 Å². The standard InChI is InChI=1S/C17H28N2O/c1-3-9-18-11-16-12-19-14(2)10-17(16)20-13-15-7-5-4-6-8-15/h10,12,15,18H,3-9,11,13H2,1-2H3. The molecule has 0 spiro atoms. The Morgan fingerprint density at radius 3 is 2.85 bits per heavy atom. The van der Waals surface area contributed by atoms with Gasteiger partial charge in [0.1, 0.15) is 5.75 Å². The van der Waals surface area contributed by atoms with Crippen LogP contribution in [0.15, 0.2) is 12.3 Å². The zero-order valence-electron chi connectivity index (χ0n) is 13.0. The van der Waals surface area contributed by atoms with E-state index < -0.39 is 0 Å². The zero-order chi connectivity index (χ0) is 14.2. The predicted octanol–water partition coefficient (Wildman–Crippen LogP) is 3.85. The molecule has 0 radical (unpaired) electrons. The van der Waals surface area contributed by atoms with Gasteiger partial charge in [-0.3, -0.25) is 4.98 Å². The highest BCUT2D eigenvalue weighted by Crippen LogP contribution is 2.26. The van der Waals surface area contributed by atoms with Crippen molar-refractivity contribution in [2.24, 2.45) is 5.92 Å². The lowest BCUT2D eigenvalue weighted by atomic mass is 9.90. The molecule has 1 aliphatic rings. The first-order valence-electron chi connectivity index (χ1n) is 8.08. The van der Waals surface area contributed by atoms with Crippen LogP contribution in [0.5, 0.6) is 5.75 Å². The Balaban J connectivity index is 1.91. The number of hydrogen-bond donors (Lipinski definition) is 1. The van der Waals surface area contributed by atoms with Gasteiger partial charge in [0.05, 0.1) is 6.61 Å². The van der Waals surface area contributed by atoms with Crippen molar-refractivity contribution in [3.63, 3.8) is 0 Å². The van der Waals surface area contributed by atoms with E-state index >= 15 is 0 Å². The molecule has 1 N–H and O–H groups in total. The van der Waals surface area contributed by atoms with E-state index in [-0.39, 0.29) is 0 Å². The first kappa shape index (κ1) is 15.3. The molecule has 0 unspecified atom stereocenters. The molecular formula is C17H28N2O. The molecule has 1 aromatic heterocycles. The third-order valence-corrected chi connectivity index (χ3v) is 4.02. The number of hydrogen-bond acceptors (Lipinski definition) is 3. The van der Waals surface area contributed by atoms with Gasteiger partial charge in [0.15, 0.2) is 0 Å². The first-order chi connectivity index (χ1) is 9.79. The summed E-state index contributed by atoms with van der Waals surface area (Å²) in [4.78, 5) is 4.39. The van der Waals surface area contributed by atoms with Crippen molar-refractivity contribution < 1.29 is 4.74 Å². The molecule has 1 saturated carbocycles. The molecule has 1 aromatic rings. The Hall–Kier alpha value is -1.09. The van der Waals surface area contributed by atoms with Crippen LogP contribution in [0.3, 0.4) is 0 Å². The number of nitrogens with one attached hydrogen (secondary N) is 1. The minimum atomic E-state index is 0.744. The minimum absolute atomic E-state index is 0.744. The fourth-order valence-corrected chi connectivity index (χ4v) is 2.79. The zero-order valence-corrected chi connectivity index (χ0v) is 13.0. The second-order valence-corrected chi connectivity index (χ2v) is 5.93. The van der Waals surface area contributed by atoms with Crippen LogP contribution in [0.25, 0.3) is 0 Å². The molecule has 0 aromatic carbocycles. The predicted molar refractivity (Wildman–Crippen MR) is 83.0 cm³/mol. The highest BCUT2D eigenvalue weighted by Gasteiger charge is 2.15. The summed E-state index contributed by atoms with van der Waals surface area (Å²) in [5.74, 6) is 1.76. The monoisotopic (exact) mass is 276 g/mol. The van der Waals surface area contributed by atoms with Gasteiger partial charge in [-0.2, -0.15) is 0 Å². The Kier molecular flexibility index (Phi) is 6.31. The highest BCUT2D eigenvalue weighted by atomic mass is 16.5. The maximum atomic E-state index is 6.11. The van der Waals surface area contributed by atoms with Crippen LogP contribution in [0.4, 0.5) is 0 Å². The second kappa shape index (κ2) is 8.25. The number of aromatic nitrogens is 1. The quantitative estimate of drug-likeness (QED) is 0.768. The Bertz CT molecular complexity index is 400. The summed E-state index contributed by atoms with van der Waals surface area (Å²) in [5, 5.41) is 3.43. The summed E-state index contributed by atoms with van der Waals surface area (Å²) in [5.41, 5.74) is 2.21. The van der Waals surface area contributed by atoms with Crippen molar-refractivity contribution >= 4 is 0 Å². The van der Waals surface area contributed by atoms with Crippen molar-refractivity contribution in [1.29, 1.82) is 0 Å². The molecule has 0 amide bonds. The van der Waals surface area contributed by atoms with Gasteiger partial charge in [-0.05, 0) is 38.6 Å². The molecule has 1 aliphatic carbocycles. The fraction of sp³-hybridized carbons (Fsp3) is 0.706. The molecule has 0 bridgehead atoms. The lowest BCUT2D eigenvalue weighted by Crippen LogP contribution is -2.18. The van der Waals surface area contributed by atoms with Crippen molar-refractivity contribution in [3.05, 3.63) is 23.5 Å². The Morgan fingerprint density at radius 1 is 1.30 bits per heavy atom. The van der Waals surface area contributed by atoms with Crippen LogP contribution >= 0.6 is 0 Å². The molecule has 1 fully saturated rings. The van der Waals surface area contributed by atoms with Crippen LogP contribution < -0.4 is 10.1 Å². The lowest BCUT2D eigenvalue weighted by Gasteiger charge is -2.22. The van der Waals surface area contributed by atoms with Crippen LogP contribution in [0, 0.1) is 12.8 Å². The molecule has 0 saturated heterocycles. The van der Waals surface area contributed by atoms with E-state index in [9.17, 15) is 0 Å². The van der Waals surface area contributed by atoms with E-state index in [1.165, 1.54) is 37.7 Å². The van der Waals surface area contributed by atoms with E-state index in [0.29, 0.717) is 0 Å². The number of rotatable bonds is 7. The first-order valence-corrected chi connectivity index (χ1v) is 8.08. The number of ether oxygens (including phenoxy) is 1. The highest BCUT2D eigenvalue weighted by molar-refractivity contribution is 5.32. The van der Waals surface area contributed by atoms with Gasteiger partial charge in [-0.1, -0.05) is 26.2 Å². The smallest absolute Gasteiger partial charge is 0.127 e. The number of pyridine rings is 1. The van der Waals surface area contributed by atoms with E-state index in [1.54, 1.807) is 0 Å². The maximum absolute atomic E-state index is 6.11. The molecule has 3 nitrogen and oxygen atoms in total. The van der Waals surface area contributed by atoms with E-state index in [2.05, 4.69) is 23.3 Å². The maximum Gasteiger partial charge on any atom is 0.127 e. The van der Waals surface area contributed by atoms with Crippen LogP contribution in [0.2, 0.25) is 0 Å². The summed E-state index contributed by atoms with van der Waals surface area (Å²) in [6.45, 7) is 6.96. The summed E-state index contributed by atoms with van der Waals surface area (Å²) in [6, 6.07) is 2.08. The average Bonchev–Trinajstić information content (AvgIpc) is 2.48. The topological polar surface area (TPSA) is 34.2 Å². The van der Waals surface area contributed by atoms with Crippen molar-refractivity contribution in [3.8, 4) is 5.75 Å². The SMILES string of the molecule is CCCNCc1cnc(C)cc1OCC1CCCCC1. The van der Waals surface area contributed by atoms with Crippen molar-refractivity contribution in [2.45, 2.75) is 58.9 Å². The van der Waals surface area contributed by atoms with Crippen LogP contribution in [-0.4, -0.2) is 18.1 Å². The molecule has 112 valence electrons. The Labute approximate surface area is 123 Å². The van der Waals surface area contributed by atoms with Gasteiger partial charge in [0, 0.05) is 30.1 Å². The average molecular weight is 276 g/mol. The van der Waals surface area contributed by atoms with Crippen molar-refractivity contribution in [2.75, 3.05) is 13.2 Å². The van der Waals surface area contributed by atoms with E-state index in [1.807, 2.05) is 13.1 Å². The molecule has 20 heavy (non-hydrogen) atoms. The lowest BCUT2D eigenvalue weighted by molar-refractivity contribution is 0.207. The molecular weight excluding hydrogens is 248 g/mol. The van der Waals surface area contributed by atoms with Gasteiger partial charge >= 0.3 is 0 Å². The van der Waals surface area contributed by atoms with E-state index in [0.717, 1.165) is 43.5 Å². The molecule has 3 heteroatoms. The third-order valence-electron chi connectivity index (χ3n) is 4.02. The molecule has 0 atom stereocenters. The minimum Gasteiger partial charge on any atom is -0.493 e. The molecule has 2 rings (SSSR count). The van der Waals surface area contributed by atoms with Gasteiger partial charge in [-0.15, -0.1) is 0 Å². The number of aryl methyl sites for hydroxylation is 1. The second-order valence-electron chi connectivity index (χ2n) is 5.93. The van der Waals surface area contributed by atoms with E-state index in [4.69, 9.17) is 4.74 Å². The summed E-state index contributed by atoms with van der Waals surface area (Å²) in [6.07, 6.45) is 9.90. The Morgan fingerprint density at radius 2 is 2.10 bits per heavy atom. The summed E-state index contributed by atoms with van der Waals surface area (Å²) in [7, 11) is 0. The van der Waals surface area contributed by atoms with Gasteiger partial charge in [-0.25, -0.2) is 0 Å². The van der Waals surface area contributed by atoms with Crippen LogP contribution in [-0.2, 0) is 6.54 Å². The molecule has 0 aliphatic heterocycles. The normalized spacial score (nSPS) is 16.3. The largest absolute Gasteiger partial charge is 0.493 e. The van der Waals surface area contributed by atoms with Gasteiger partial charge in [0.25, 0.3) is 0 Å². The molecule has 1 heterocycles. The number of nitrogens with zero attached hydrogens (tertiary/aromatic N) is 1. The summed E-state index contributed by atoms with van der Waals surface area (Å²) < 4.78 is 6.11. The summed E-state index contributed by atoms with van der Waals surface area (Å²) >= 11 is 0. The van der Waals surface area contributed by atoms with Gasteiger partial charge < -0.3 is 10.1 Å². The van der Waals surface area contributed by atoms with Crippen LogP contribution in [0.1, 0.15) is 56.7 Å².